The van der Waals surface area contributed by atoms with Crippen molar-refractivity contribution in [2.75, 3.05) is 5.32 Å². The van der Waals surface area contributed by atoms with Gasteiger partial charge in [-0.05, 0) is 52.2 Å². The molecule has 0 aliphatic carbocycles. The summed E-state index contributed by atoms with van der Waals surface area (Å²) in [5.41, 5.74) is 0.919. The van der Waals surface area contributed by atoms with Crippen molar-refractivity contribution in [2.45, 2.75) is 45.8 Å². The Hall–Kier alpha value is -2.19. The van der Waals surface area contributed by atoms with Gasteiger partial charge in [0.05, 0.1) is 11.2 Å². The molecule has 1 aliphatic heterocycles. The van der Waals surface area contributed by atoms with E-state index >= 15 is 0 Å². The lowest BCUT2D eigenvalue weighted by molar-refractivity contribution is 0.00578. The smallest absolute Gasteiger partial charge is 0.399 e. The molecular formula is C17H23BN4O3. The lowest BCUT2D eigenvalue weighted by atomic mass is 9.79. The van der Waals surface area contributed by atoms with E-state index in [4.69, 9.17) is 9.31 Å². The number of aromatic nitrogens is 3. The third-order valence-corrected chi connectivity index (χ3v) is 4.69. The molecule has 0 unspecified atom stereocenters. The van der Waals surface area contributed by atoms with Gasteiger partial charge in [-0.25, -0.2) is 4.98 Å². The van der Waals surface area contributed by atoms with Gasteiger partial charge < -0.3 is 14.6 Å². The van der Waals surface area contributed by atoms with Gasteiger partial charge in [-0.2, -0.15) is 5.10 Å². The Labute approximate surface area is 147 Å². The molecule has 0 aromatic carbocycles. The van der Waals surface area contributed by atoms with Crippen LogP contribution in [-0.4, -0.2) is 39.0 Å². The molecule has 0 saturated carbocycles. The molecule has 7 nitrogen and oxygen atoms in total. The standard InChI is InChI=1S/C17H23BN4O3/c1-11-9-12(18-24-16(2,3)17(4,5)25-18)10-13(19-11)15(23)20-14-7-8-22(6)21-14/h7-10H,1-6H3,(H,20,21,23). The van der Waals surface area contributed by atoms with Crippen LogP contribution in [0.1, 0.15) is 43.9 Å². The van der Waals surface area contributed by atoms with Crippen molar-refractivity contribution in [2.24, 2.45) is 7.05 Å². The van der Waals surface area contributed by atoms with Gasteiger partial charge in [-0.15, -0.1) is 0 Å². The zero-order chi connectivity index (χ0) is 18.4. The molecule has 3 heterocycles. The first-order valence-corrected chi connectivity index (χ1v) is 8.23. The Bertz CT molecular complexity index is 800. The van der Waals surface area contributed by atoms with Crippen LogP contribution in [0, 0.1) is 6.92 Å². The third-order valence-electron chi connectivity index (χ3n) is 4.69. The maximum Gasteiger partial charge on any atom is 0.494 e. The van der Waals surface area contributed by atoms with E-state index in [1.165, 1.54) is 0 Å². The highest BCUT2D eigenvalue weighted by Crippen LogP contribution is 2.36. The molecule has 0 radical (unpaired) electrons. The number of aryl methyl sites for hydroxylation is 2. The van der Waals surface area contributed by atoms with Gasteiger partial charge in [0, 0.05) is 25.0 Å². The second kappa shape index (κ2) is 5.96. The highest BCUT2D eigenvalue weighted by molar-refractivity contribution is 6.62. The van der Waals surface area contributed by atoms with E-state index in [0.29, 0.717) is 11.5 Å². The maximum atomic E-state index is 12.5. The Balaban J connectivity index is 1.85. The van der Waals surface area contributed by atoms with Crippen molar-refractivity contribution in [1.29, 1.82) is 0 Å². The van der Waals surface area contributed by atoms with Gasteiger partial charge in [0.15, 0.2) is 5.82 Å². The predicted molar refractivity (Wildman–Crippen MR) is 95.9 cm³/mol. The normalized spacial score (nSPS) is 18.4. The molecule has 0 atom stereocenters. The van der Waals surface area contributed by atoms with E-state index in [0.717, 1.165) is 11.2 Å². The van der Waals surface area contributed by atoms with Gasteiger partial charge in [0.1, 0.15) is 5.69 Å². The van der Waals surface area contributed by atoms with E-state index in [9.17, 15) is 4.79 Å². The third kappa shape index (κ3) is 3.45. The lowest BCUT2D eigenvalue weighted by Crippen LogP contribution is -2.41. The zero-order valence-corrected chi connectivity index (χ0v) is 15.5. The summed E-state index contributed by atoms with van der Waals surface area (Å²) < 4.78 is 13.7. The first kappa shape index (κ1) is 17.6. The molecule has 1 N–H and O–H groups in total. The Morgan fingerprint density at radius 1 is 1.20 bits per heavy atom. The number of amides is 1. The van der Waals surface area contributed by atoms with Crippen molar-refractivity contribution in [1.82, 2.24) is 14.8 Å². The van der Waals surface area contributed by atoms with Crippen LogP contribution < -0.4 is 10.8 Å². The van der Waals surface area contributed by atoms with Crippen LogP contribution in [0.2, 0.25) is 0 Å². The molecular weight excluding hydrogens is 319 g/mol. The molecule has 3 rings (SSSR count). The number of nitrogens with one attached hydrogen (secondary N) is 1. The average Bonchev–Trinajstić information content (AvgIpc) is 2.99. The van der Waals surface area contributed by atoms with E-state index < -0.39 is 18.3 Å². The molecule has 25 heavy (non-hydrogen) atoms. The summed E-state index contributed by atoms with van der Waals surface area (Å²) in [6.45, 7) is 9.82. The quantitative estimate of drug-likeness (QED) is 0.859. The van der Waals surface area contributed by atoms with Crippen molar-refractivity contribution in [3.05, 3.63) is 35.8 Å². The van der Waals surface area contributed by atoms with Crippen LogP contribution in [-0.2, 0) is 16.4 Å². The van der Waals surface area contributed by atoms with E-state index in [-0.39, 0.29) is 5.91 Å². The first-order valence-electron chi connectivity index (χ1n) is 8.23. The minimum atomic E-state index is -0.534. The van der Waals surface area contributed by atoms with Crippen molar-refractivity contribution >= 4 is 24.3 Å². The van der Waals surface area contributed by atoms with E-state index in [1.807, 2.05) is 40.7 Å². The molecule has 132 valence electrons. The number of anilines is 1. The number of carbonyl (C=O) groups is 1. The van der Waals surface area contributed by atoms with E-state index in [2.05, 4.69) is 15.4 Å². The highest BCUT2D eigenvalue weighted by atomic mass is 16.7. The second-order valence-electron chi connectivity index (χ2n) is 7.34. The van der Waals surface area contributed by atoms with Gasteiger partial charge in [-0.3, -0.25) is 9.48 Å². The summed E-state index contributed by atoms with van der Waals surface area (Å²) in [6.07, 6.45) is 1.76. The van der Waals surface area contributed by atoms with Gasteiger partial charge in [0.25, 0.3) is 5.91 Å². The van der Waals surface area contributed by atoms with Crippen LogP contribution >= 0.6 is 0 Å². The van der Waals surface area contributed by atoms with Crippen molar-refractivity contribution in [3.8, 4) is 0 Å². The first-order chi connectivity index (χ1) is 11.6. The monoisotopic (exact) mass is 342 g/mol. The molecule has 1 fully saturated rings. The zero-order valence-electron chi connectivity index (χ0n) is 15.5. The van der Waals surface area contributed by atoms with Crippen LogP contribution in [0.3, 0.4) is 0 Å². The summed E-state index contributed by atoms with van der Waals surface area (Å²) in [4.78, 5) is 16.8. The van der Waals surface area contributed by atoms with Crippen molar-refractivity contribution < 1.29 is 14.1 Å². The number of carbonyl (C=O) groups excluding carboxylic acids is 1. The van der Waals surface area contributed by atoms with Gasteiger partial charge in [0.2, 0.25) is 0 Å². The number of nitrogens with zero attached hydrogens (tertiary/aromatic N) is 3. The summed E-state index contributed by atoms with van der Waals surface area (Å²) in [5, 5.41) is 6.89. The minimum Gasteiger partial charge on any atom is -0.399 e. The maximum absolute atomic E-state index is 12.5. The lowest BCUT2D eigenvalue weighted by Gasteiger charge is -2.32. The van der Waals surface area contributed by atoms with Crippen molar-refractivity contribution in [3.63, 3.8) is 0 Å². The summed E-state index contributed by atoms with van der Waals surface area (Å²) in [7, 11) is 1.25. The predicted octanol–water partition coefficient (Wildman–Crippen LogP) is 1.68. The Morgan fingerprint density at radius 3 is 2.40 bits per heavy atom. The van der Waals surface area contributed by atoms with Crippen LogP contribution in [0.15, 0.2) is 24.4 Å². The fourth-order valence-electron chi connectivity index (χ4n) is 2.59. The molecule has 8 heteroatoms. The van der Waals surface area contributed by atoms with Gasteiger partial charge in [-0.1, -0.05) is 0 Å². The Morgan fingerprint density at radius 2 is 1.84 bits per heavy atom. The van der Waals surface area contributed by atoms with Crippen LogP contribution in [0.4, 0.5) is 5.82 Å². The van der Waals surface area contributed by atoms with Crippen LogP contribution in [0.25, 0.3) is 0 Å². The fraction of sp³-hybridized carbons (Fsp3) is 0.471. The number of rotatable bonds is 3. The fourth-order valence-corrected chi connectivity index (χ4v) is 2.59. The van der Waals surface area contributed by atoms with Crippen LogP contribution in [0.5, 0.6) is 0 Å². The molecule has 2 aromatic heterocycles. The van der Waals surface area contributed by atoms with E-state index in [1.54, 1.807) is 30.1 Å². The molecule has 1 aliphatic rings. The molecule has 0 spiro atoms. The minimum absolute atomic E-state index is 0.301. The number of hydrogen-bond donors (Lipinski definition) is 1. The van der Waals surface area contributed by atoms with Gasteiger partial charge >= 0.3 is 7.12 Å². The largest absolute Gasteiger partial charge is 0.494 e. The number of pyridine rings is 1. The summed E-state index contributed by atoms with van der Waals surface area (Å²) in [5.74, 6) is 0.160. The SMILES string of the molecule is Cc1cc(B2OC(C)(C)C(C)(C)O2)cc(C(=O)Nc2ccn(C)n2)n1. The summed E-state index contributed by atoms with van der Waals surface area (Å²) >= 11 is 0. The summed E-state index contributed by atoms with van der Waals surface area (Å²) in [6, 6.07) is 5.30. The average molecular weight is 342 g/mol. The molecule has 0 bridgehead atoms. The highest BCUT2D eigenvalue weighted by Gasteiger charge is 2.51. The molecule has 1 amide bonds. The topological polar surface area (TPSA) is 78.3 Å². The number of hydrogen-bond acceptors (Lipinski definition) is 5. The second-order valence-corrected chi connectivity index (χ2v) is 7.34. The molecule has 2 aromatic rings. The Kier molecular flexibility index (Phi) is 4.21. The molecule has 1 saturated heterocycles.